The second-order valence-corrected chi connectivity index (χ2v) is 9.68. The molecule has 1 unspecified atom stereocenters. The first kappa shape index (κ1) is 20.3. The molecule has 0 aromatic heterocycles. The quantitative estimate of drug-likeness (QED) is 0.637. The maximum Gasteiger partial charge on any atom is 0.334 e. The SMILES string of the molecule is CC(=O)OC1OC(=O)C=C2C(Cl)=C[C@H]3[C@@H]4C(=O)C[C@H](C(C)=O)[C@@]4(C)CC[C@@H]3[C@]21C. The van der Waals surface area contributed by atoms with E-state index in [1.165, 1.54) is 13.0 Å². The minimum absolute atomic E-state index is 0.0452. The minimum Gasteiger partial charge on any atom is -0.424 e. The topological polar surface area (TPSA) is 86.7 Å². The lowest BCUT2D eigenvalue weighted by Crippen LogP contribution is -2.56. The molecule has 156 valence electrons. The van der Waals surface area contributed by atoms with Crippen LogP contribution in [0.15, 0.2) is 22.8 Å². The number of cyclic esters (lactones) is 1. The molecule has 7 atom stereocenters. The van der Waals surface area contributed by atoms with E-state index in [1.54, 1.807) is 6.92 Å². The summed E-state index contributed by atoms with van der Waals surface area (Å²) in [5.74, 6) is -1.98. The predicted octanol–water partition coefficient (Wildman–Crippen LogP) is 3.33. The van der Waals surface area contributed by atoms with E-state index in [4.69, 9.17) is 21.1 Å². The molecular formula is C22H25ClO6. The molecule has 6 nitrogen and oxygen atoms in total. The number of carbonyl (C=O) groups excluding carboxylic acids is 4. The molecule has 2 fully saturated rings. The van der Waals surface area contributed by atoms with Gasteiger partial charge in [0.05, 0.1) is 5.41 Å². The highest BCUT2D eigenvalue weighted by Gasteiger charge is 2.65. The molecular weight excluding hydrogens is 396 g/mol. The maximum atomic E-state index is 13.1. The number of carbonyl (C=O) groups is 4. The summed E-state index contributed by atoms with van der Waals surface area (Å²) in [5.41, 5.74) is -0.691. The van der Waals surface area contributed by atoms with Crippen molar-refractivity contribution < 1.29 is 28.7 Å². The fraction of sp³-hybridized carbons (Fsp3) is 0.636. The van der Waals surface area contributed by atoms with Crippen LogP contribution in [0.2, 0.25) is 0 Å². The van der Waals surface area contributed by atoms with Gasteiger partial charge in [-0.25, -0.2) is 4.79 Å². The van der Waals surface area contributed by atoms with E-state index in [0.717, 1.165) is 0 Å². The molecule has 4 aliphatic rings. The summed E-state index contributed by atoms with van der Waals surface area (Å²) in [5, 5.41) is 0.380. The van der Waals surface area contributed by atoms with Crippen LogP contribution in [-0.2, 0) is 28.7 Å². The van der Waals surface area contributed by atoms with Gasteiger partial charge >= 0.3 is 11.9 Å². The summed E-state index contributed by atoms with van der Waals surface area (Å²) in [6.07, 6.45) is 3.78. The first-order valence-corrected chi connectivity index (χ1v) is 10.4. The standard InChI is InChI=1S/C22H25ClO6/c1-10(24)14-8-17(26)19-12-7-16(23)15-9-18(27)29-20(28-11(2)25)22(15,4)13(12)5-6-21(14,19)3/h7,9,12-14,19-20H,5-6,8H2,1-4H3/t12-,13+,14-,19-,20?,21-,22-/m1/s1. The van der Waals surface area contributed by atoms with Crippen molar-refractivity contribution in [3.05, 3.63) is 22.8 Å². The molecule has 0 saturated heterocycles. The van der Waals surface area contributed by atoms with Crippen molar-refractivity contribution in [2.75, 3.05) is 0 Å². The summed E-state index contributed by atoms with van der Waals surface area (Å²) in [4.78, 5) is 49.1. The minimum atomic E-state index is -1.10. The monoisotopic (exact) mass is 420 g/mol. The zero-order chi connectivity index (χ0) is 21.3. The average Bonchev–Trinajstić information content (AvgIpc) is 2.88. The number of Topliss-reactive ketones (excluding diaryl/α,β-unsaturated/α-hetero) is 2. The van der Waals surface area contributed by atoms with Gasteiger partial charge in [0.15, 0.2) is 0 Å². The fourth-order valence-corrected chi connectivity index (χ4v) is 6.86. The summed E-state index contributed by atoms with van der Waals surface area (Å²) < 4.78 is 10.8. The van der Waals surface area contributed by atoms with Gasteiger partial charge in [0.25, 0.3) is 6.29 Å². The van der Waals surface area contributed by atoms with E-state index >= 15 is 0 Å². The van der Waals surface area contributed by atoms with Crippen LogP contribution in [0.4, 0.5) is 0 Å². The summed E-state index contributed by atoms with van der Waals surface area (Å²) in [6.45, 7) is 6.74. The second kappa shape index (κ2) is 6.53. The summed E-state index contributed by atoms with van der Waals surface area (Å²) in [7, 11) is 0. The largest absolute Gasteiger partial charge is 0.424 e. The molecule has 0 radical (unpaired) electrons. The zero-order valence-corrected chi connectivity index (χ0v) is 17.7. The third kappa shape index (κ3) is 2.75. The smallest absolute Gasteiger partial charge is 0.334 e. The maximum absolute atomic E-state index is 13.1. The molecule has 4 rings (SSSR count). The van der Waals surface area contributed by atoms with E-state index in [9.17, 15) is 19.2 Å². The molecule has 0 aromatic carbocycles. The van der Waals surface area contributed by atoms with Crippen LogP contribution >= 0.6 is 11.6 Å². The number of ether oxygens (including phenoxy) is 2. The highest BCUT2D eigenvalue weighted by atomic mass is 35.5. The first-order chi connectivity index (χ1) is 13.5. The van der Waals surface area contributed by atoms with Crippen molar-refractivity contribution in [3.8, 4) is 0 Å². The third-order valence-electron chi connectivity index (χ3n) is 7.79. The van der Waals surface area contributed by atoms with E-state index in [-0.39, 0.29) is 41.7 Å². The molecule has 3 aliphatic carbocycles. The average molecular weight is 421 g/mol. The van der Waals surface area contributed by atoms with Crippen molar-refractivity contribution in [1.82, 2.24) is 0 Å². The van der Waals surface area contributed by atoms with Gasteiger partial charge in [0, 0.05) is 36.3 Å². The molecule has 7 heteroatoms. The molecule has 29 heavy (non-hydrogen) atoms. The van der Waals surface area contributed by atoms with E-state index in [1.807, 2.05) is 19.9 Å². The van der Waals surface area contributed by atoms with Gasteiger partial charge in [-0.3, -0.25) is 14.4 Å². The third-order valence-corrected chi connectivity index (χ3v) is 8.12. The van der Waals surface area contributed by atoms with E-state index < -0.39 is 29.1 Å². The Morgan fingerprint density at radius 2 is 1.93 bits per heavy atom. The Bertz CT molecular complexity index is 888. The van der Waals surface area contributed by atoms with Gasteiger partial charge in [-0.05, 0) is 49.5 Å². The highest BCUT2D eigenvalue weighted by molar-refractivity contribution is 6.32. The number of esters is 2. The molecule has 0 N–H and O–H groups in total. The number of hydrogen-bond acceptors (Lipinski definition) is 6. The van der Waals surface area contributed by atoms with Crippen LogP contribution in [0.25, 0.3) is 0 Å². The molecule has 2 saturated carbocycles. The van der Waals surface area contributed by atoms with Crippen LogP contribution in [0.5, 0.6) is 0 Å². The molecule has 1 heterocycles. The lowest BCUT2D eigenvalue weighted by molar-refractivity contribution is -0.219. The van der Waals surface area contributed by atoms with Gasteiger partial charge in [-0.15, -0.1) is 0 Å². The number of ketones is 2. The lowest BCUT2D eigenvalue weighted by Gasteiger charge is -2.56. The fourth-order valence-electron chi connectivity index (χ4n) is 6.46. The van der Waals surface area contributed by atoms with Gasteiger partial charge in [0.2, 0.25) is 0 Å². The van der Waals surface area contributed by atoms with E-state index in [2.05, 4.69) is 0 Å². The Hall–Kier alpha value is -1.95. The zero-order valence-electron chi connectivity index (χ0n) is 17.0. The van der Waals surface area contributed by atoms with Crippen molar-refractivity contribution in [2.24, 2.45) is 34.5 Å². The van der Waals surface area contributed by atoms with Gasteiger partial charge in [-0.2, -0.15) is 0 Å². The van der Waals surface area contributed by atoms with Crippen molar-refractivity contribution in [2.45, 2.75) is 53.2 Å². The highest BCUT2D eigenvalue weighted by Crippen LogP contribution is 2.65. The van der Waals surface area contributed by atoms with Gasteiger partial charge in [0.1, 0.15) is 11.6 Å². The van der Waals surface area contributed by atoms with Crippen molar-refractivity contribution in [3.63, 3.8) is 0 Å². The molecule has 0 aromatic rings. The normalized spacial score (nSPS) is 43.3. The van der Waals surface area contributed by atoms with Crippen LogP contribution in [0.1, 0.15) is 47.0 Å². The van der Waals surface area contributed by atoms with Crippen molar-refractivity contribution in [1.29, 1.82) is 0 Å². The number of hydrogen-bond donors (Lipinski definition) is 0. The number of rotatable bonds is 2. The van der Waals surface area contributed by atoms with Crippen LogP contribution < -0.4 is 0 Å². The van der Waals surface area contributed by atoms with Crippen LogP contribution in [-0.4, -0.2) is 29.8 Å². The molecule has 1 aliphatic heterocycles. The summed E-state index contributed by atoms with van der Waals surface area (Å²) in [6, 6.07) is 0. The van der Waals surface area contributed by atoms with Gasteiger partial charge in [-0.1, -0.05) is 24.6 Å². The molecule has 0 amide bonds. The summed E-state index contributed by atoms with van der Waals surface area (Å²) >= 11 is 6.62. The number of allylic oxidation sites excluding steroid dienone is 2. The number of halogens is 1. The van der Waals surface area contributed by atoms with Crippen LogP contribution in [0.3, 0.4) is 0 Å². The number of fused-ring (bicyclic) bond motifs is 5. The lowest BCUT2D eigenvalue weighted by atomic mass is 9.49. The van der Waals surface area contributed by atoms with Gasteiger partial charge < -0.3 is 9.47 Å². The second-order valence-electron chi connectivity index (χ2n) is 9.27. The predicted molar refractivity (Wildman–Crippen MR) is 103 cm³/mol. The Morgan fingerprint density at radius 1 is 1.24 bits per heavy atom. The Morgan fingerprint density at radius 3 is 2.55 bits per heavy atom. The Balaban J connectivity index is 1.84. The van der Waals surface area contributed by atoms with E-state index in [0.29, 0.717) is 23.4 Å². The van der Waals surface area contributed by atoms with Crippen molar-refractivity contribution >= 4 is 35.1 Å². The first-order valence-electron chi connectivity index (χ1n) is 10.0. The Labute approximate surface area is 174 Å². The molecule has 0 spiro atoms. The molecule has 0 bridgehead atoms. The van der Waals surface area contributed by atoms with Crippen LogP contribution in [0, 0.1) is 34.5 Å². The Kier molecular flexibility index (Phi) is 4.57.